The number of hydrogen-bond donors (Lipinski definition) is 0. The summed E-state index contributed by atoms with van der Waals surface area (Å²) in [6, 6.07) is 47.3. The van der Waals surface area contributed by atoms with Gasteiger partial charge in [0.2, 0.25) is 0 Å². The molecule has 0 aliphatic rings. The second-order valence-electron chi connectivity index (χ2n) is 8.95. The average molecular weight is 447 g/mol. The molecule has 0 amide bonds. The third-order valence-electron chi connectivity index (χ3n) is 6.78. The van der Waals surface area contributed by atoms with Crippen molar-refractivity contribution in [2.24, 2.45) is 0 Å². The largest absolute Gasteiger partial charge is 0.232 e. The first-order valence-corrected chi connectivity index (χ1v) is 11.9. The van der Waals surface area contributed by atoms with Gasteiger partial charge in [-0.1, -0.05) is 109 Å². The molecular formula is C33H22N2. The molecule has 0 saturated carbocycles. The van der Waals surface area contributed by atoms with E-state index in [9.17, 15) is 0 Å². The van der Waals surface area contributed by atoms with Gasteiger partial charge in [-0.3, -0.25) is 0 Å². The highest BCUT2D eigenvalue weighted by atomic mass is 15.2. The van der Waals surface area contributed by atoms with Crippen LogP contribution in [-0.4, -0.2) is 9.61 Å². The third kappa shape index (κ3) is 3.39. The lowest BCUT2D eigenvalue weighted by atomic mass is 9.99. The summed E-state index contributed by atoms with van der Waals surface area (Å²) < 4.78 is 2.11. The van der Waals surface area contributed by atoms with Crippen LogP contribution in [0.4, 0.5) is 0 Å². The SMILES string of the molecule is c1ccc(-c2ccc3cc(-c4ccccc4)n4nc(-c5ccc6ccccc6c5)cc4c3c2)cc1. The fraction of sp³-hybridized carbons (Fsp3) is 0. The highest BCUT2D eigenvalue weighted by Crippen LogP contribution is 2.34. The van der Waals surface area contributed by atoms with E-state index in [0.717, 1.165) is 28.0 Å². The van der Waals surface area contributed by atoms with Crippen molar-refractivity contribution in [2.45, 2.75) is 0 Å². The Morgan fingerprint density at radius 3 is 1.89 bits per heavy atom. The first-order valence-electron chi connectivity index (χ1n) is 11.9. The standard InChI is InChI=1S/C33H22N2/c1-3-9-23(10-4-1)27-16-17-28-21-32(25-12-5-2-6-13-25)35-33(30(28)20-27)22-31(34-35)29-18-15-24-11-7-8-14-26(24)19-29/h1-22H. The van der Waals surface area contributed by atoms with Gasteiger partial charge in [0.1, 0.15) is 0 Å². The molecule has 0 fully saturated rings. The smallest absolute Gasteiger partial charge is 0.0934 e. The molecule has 7 aromatic rings. The summed E-state index contributed by atoms with van der Waals surface area (Å²) in [6.07, 6.45) is 0. The van der Waals surface area contributed by atoms with Crippen LogP contribution in [0.25, 0.3) is 60.7 Å². The molecule has 164 valence electrons. The number of aromatic nitrogens is 2. The monoisotopic (exact) mass is 446 g/mol. The Hall–Kier alpha value is -4.69. The summed E-state index contributed by atoms with van der Waals surface area (Å²) in [6.45, 7) is 0. The zero-order valence-electron chi connectivity index (χ0n) is 19.1. The van der Waals surface area contributed by atoms with Crippen LogP contribution in [0.2, 0.25) is 0 Å². The first-order chi connectivity index (χ1) is 17.3. The van der Waals surface area contributed by atoms with Crippen molar-refractivity contribution in [1.82, 2.24) is 9.61 Å². The van der Waals surface area contributed by atoms with Gasteiger partial charge in [0.25, 0.3) is 0 Å². The summed E-state index contributed by atoms with van der Waals surface area (Å²) >= 11 is 0. The molecule has 35 heavy (non-hydrogen) atoms. The molecular weight excluding hydrogens is 424 g/mol. The lowest BCUT2D eigenvalue weighted by Crippen LogP contribution is -1.95. The van der Waals surface area contributed by atoms with Gasteiger partial charge in [0.15, 0.2) is 0 Å². The Kier molecular flexibility index (Phi) is 4.49. The van der Waals surface area contributed by atoms with Gasteiger partial charge in [-0.15, -0.1) is 0 Å². The number of pyridine rings is 1. The minimum absolute atomic E-state index is 0.977. The minimum Gasteiger partial charge on any atom is -0.232 e. The van der Waals surface area contributed by atoms with Crippen molar-refractivity contribution in [2.75, 3.05) is 0 Å². The first kappa shape index (κ1) is 19.7. The summed E-state index contributed by atoms with van der Waals surface area (Å²) in [5, 5.41) is 10.0. The normalized spacial score (nSPS) is 11.4. The molecule has 0 saturated heterocycles. The fourth-order valence-electron chi connectivity index (χ4n) is 4.98. The Balaban J connectivity index is 1.51. The molecule has 2 nitrogen and oxygen atoms in total. The van der Waals surface area contributed by atoms with E-state index in [1.165, 1.54) is 32.7 Å². The minimum atomic E-state index is 0.977. The van der Waals surface area contributed by atoms with Crippen LogP contribution < -0.4 is 0 Å². The van der Waals surface area contributed by atoms with Crippen LogP contribution in [0.15, 0.2) is 133 Å². The lowest BCUT2D eigenvalue weighted by Gasteiger charge is -2.10. The van der Waals surface area contributed by atoms with Crippen molar-refractivity contribution >= 4 is 27.1 Å². The molecule has 0 unspecified atom stereocenters. The Bertz CT molecular complexity index is 1830. The summed E-state index contributed by atoms with van der Waals surface area (Å²) in [7, 11) is 0. The quantitative estimate of drug-likeness (QED) is 0.265. The van der Waals surface area contributed by atoms with Gasteiger partial charge >= 0.3 is 0 Å². The van der Waals surface area contributed by atoms with Crippen molar-refractivity contribution in [3.05, 3.63) is 133 Å². The number of hydrogen-bond acceptors (Lipinski definition) is 1. The van der Waals surface area contributed by atoms with Crippen molar-refractivity contribution in [3.63, 3.8) is 0 Å². The molecule has 0 spiro atoms. The summed E-state index contributed by atoms with van der Waals surface area (Å²) in [5.41, 5.74) is 7.88. The molecule has 0 bridgehead atoms. The van der Waals surface area contributed by atoms with Crippen molar-refractivity contribution < 1.29 is 0 Å². The predicted molar refractivity (Wildman–Crippen MR) is 147 cm³/mol. The Morgan fingerprint density at radius 2 is 1.09 bits per heavy atom. The topological polar surface area (TPSA) is 17.3 Å². The zero-order chi connectivity index (χ0) is 23.2. The van der Waals surface area contributed by atoms with Gasteiger partial charge in [-0.2, -0.15) is 5.10 Å². The Labute approximate surface area is 203 Å². The van der Waals surface area contributed by atoms with E-state index in [2.05, 4.69) is 138 Å². The molecule has 2 aromatic heterocycles. The van der Waals surface area contributed by atoms with Crippen LogP contribution in [0.1, 0.15) is 0 Å². The van der Waals surface area contributed by atoms with Gasteiger partial charge in [0, 0.05) is 16.5 Å². The number of rotatable bonds is 3. The maximum absolute atomic E-state index is 5.14. The lowest BCUT2D eigenvalue weighted by molar-refractivity contribution is 0.980. The highest BCUT2D eigenvalue weighted by Gasteiger charge is 2.14. The van der Waals surface area contributed by atoms with E-state index in [1.54, 1.807) is 0 Å². The second kappa shape index (κ2) is 7.96. The molecule has 7 rings (SSSR count). The average Bonchev–Trinajstić information content (AvgIpc) is 3.39. The van der Waals surface area contributed by atoms with E-state index >= 15 is 0 Å². The summed E-state index contributed by atoms with van der Waals surface area (Å²) in [4.78, 5) is 0. The Morgan fingerprint density at radius 1 is 0.429 bits per heavy atom. The highest BCUT2D eigenvalue weighted by molar-refractivity contribution is 6.02. The van der Waals surface area contributed by atoms with Crippen molar-refractivity contribution in [1.29, 1.82) is 0 Å². The van der Waals surface area contributed by atoms with E-state index in [0.29, 0.717) is 0 Å². The predicted octanol–water partition coefficient (Wildman–Crippen LogP) is 8.64. The number of fused-ring (bicyclic) bond motifs is 4. The van der Waals surface area contributed by atoms with E-state index in [-0.39, 0.29) is 0 Å². The molecule has 0 radical (unpaired) electrons. The fourth-order valence-corrected chi connectivity index (χ4v) is 4.98. The van der Waals surface area contributed by atoms with Crippen LogP contribution >= 0.6 is 0 Å². The number of nitrogens with zero attached hydrogens (tertiary/aromatic N) is 2. The molecule has 0 aliphatic heterocycles. The third-order valence-corrected chi connectivity index (χ3v) is 6.78. The van der Waals surface area contributed by atoms with Gasteiger partial charge in [0.05, 0.1) is 16.9 Å². The van der Waals surface area contributed by atoms with Crippen LogP contribution in [0, 0.1) is 0 Å². The zero-order valence-corrected chi connectivity index (χ0v) is 19.1. The number of benzene rings is 5. The van der Waals surface area contributed by atoms with Crippen molar-refractivity contribution in [3.8, 4) is 33.6 Å². The van der Waals surface area contributed by atoms with E-state index in [1.807, 2.05) is 0 Å². The van der Waals surface area contributed by atoms with Gasteiger partial charge < -0.3 is 0 Å². The second-order valence-corrected chi connectivity index (χ2v) is 8.95. The van der Waals surface area contributed by atoms with Crippen LogP contribution in [0.3, 0.4) is 0 Å². The molecule has 0 atom stereocenters. The molecule has 5 aromatic carbocycles. The molecule has 0 N–H and O–H groups in total. The summed E-state index contributed by atoms with van der Waals surface area (Å²) in [5.74, 6) is 0. The molecule has 2 heteroatoms. The van der Waals surface area contributed by atoms with Crippen LogP contribution in [0.5, 0.6) is 0 Å². The molecule has 0 aliphatic carbocycles. The van der Waals surface area contributed by atoms with Gasteiger partial charge in [-0.25, -0.2) is 4.52 Å². The van der Waals surface area contributed by atoms with E-state index in [4.69, 9.17) is 5.10 Å². The molecule has 2 heterocycles. The van der Waals surface area contributed by atoms with E-state index < -0.39 is 0 Å². The van der Waals surface area contributed by atoms with Crippen LogP contribution in [-0.2, 0) is 0 Å². The van der Waals surface area contributed by atoms with Gasteiger partial charge in [-0.05, 0) is 51.6 Å². The maximum atomic E-state index is 5.14. The maximum Gasteiger partial charge on any atom is 0.0934 e.